The van der Waals surface area contributed by atoms with E-state index in [-0.39, 0.29) is 30.3 Å². The van der Waals surface area contributed by atoms with Crippen LogP contribution >= 0.6 is 11.6 Å². The van der Waals surface area contributed by atoms with Gasteiger partial charge in [-0.2, -0.15) is 0 Å². The van der Waals surface area contributed by atoms with Gasteiger partial charge in [-0.15, -0.1) is 0 Å². The minimum Gasteiger partial charge on any atom is -0.495 e. The summed E-state index contributed by atoms with van der Waals surface area (Å²) in [4.78, 5) is 18.8. The fraction of sp³-hybridized carbons (Fsp3) is 0.400. The number of benzene rings is 1. The minimum absolute atomic E-state index is 0.0143. The van der Waals surface area contributed by atoms with Crippen molar-refractivity contribution < 1.29 is 19.0 Å². The van der Waals surface area contributed by atoms with Crippen molar-refractivity contribution in [2.75, 3.05) is 38.7 Å². The molecule has 1 aromatic carbocycles. The van der Waals surface area contributed by atoms with Crippen LogP contribution in [0.3, 0.4) is 0 Å². The van der Waals surface area contributed by atoms with Gasteiger partial charge in [-0.05, 0) is 30.7 Å². The number of hydrogen-bond acceptors (Lipinski definition) is 5. The lowest BCUT2D eigenvalue weighted by atomic mass is 9.88. The van der Waals surface area contributed by atoms with Gasteiger partial charge in [0.05, 0.1) is 25.6 Å². The number of amides is 2. The van der Waals surface area contributed by atoms with Gasteiger partial charge in [0.2, 0.25) is 0 Å². The minimum atomic E-state index is -0.481. The number of hydrogen-bond donors (Lipinski definition) is 3. The third-order valence-electron chi connectivity index (χ3n) is 4.96. The van der Waals surface area contributed by atoms with Gasteiger partial charge in [-0.3, -0.25) is 4.98 Å². The highest BCUT2D eigenvalue weighted by Crippen LogP contribution is 2.29. The third-order valence-corrected chi connectivity index (χ3v) is 5.22. The Hall–Kier alpha value is -2.42. The van der Waals surface area contributed by atoms with Crippen molar-refractivity contribution >= 4 is 23.3 Å². The van der Waals surface area contributed by atoms with Gasteiger partial charge in [-0.25, -0.2) is 9.18 Å². The van der Waals surface area contributed by atoms with Crippen LogP contribution in [0.5, 0.6) is 5.75 Å². The van der Waals surface area contributed by atoms with E-state index in [0.717, 1.165) is 0 Å². The molecular formula is C20H24ClFN4O3. The fourth-order valence-electron chi connectivity index (χ4n) is 3.50. The third kappa shape index (κ3) is 5.56. The second kappa shape index (κ2) is 9.87. The first kappa shape index (κ1) is 21.3. The number of piperidine rings is 1. The number of aliphatic hydroxyl groups is 1. The maximum absolute atomic E-state index is 14.7. The second-order valence-corrected chi connectivity index (χ2v) is 7.31. The molecule has 0 aliphatic carbocycles. The van der Waals surface area contributed by atoms with Gasteiger partial charge in [0.15, 0.2) is 0 Å². The van der Waals surface area contributed by atoms with Crippen LogP contribution in [-0.4, -0.2) is 60.4 Å². The van der Waals surface area contributed by atoms with E-state index in [9.17, 15) is 14.3 Å². The molecule has 1 aliphatic rings. The number of halogens is 2. The Labute approximate surface area is 173 Å². The summed E-state index contributed by atoms with van der Waals surface area (Å²) < 4.78 is 19.7. The predicted octanol–water partition coefficient (Wildman–Crippen LogP) is 2.85. The molecule has 0 radical (unpaired) electrons. The van der Waals surface area contributed by atoms with Crippen molar-refractivity contribution in [3.63, 3.8) is 0 Å². The number of carbonyl (C=O) groups excluding carboxylic acids is 1. The largest absolute Gasteiger partial charge is 0.495 e. The SMILES string of the molecule is COc1cnc(C2CN(CCO)CCC2NC(=O)Nc2ccc(Cl)cc2)c(F)c1. The number of anilines is 1. The van der Waals surface area contributed by atoms with E-state index in [4.69, 9.17) is 16.3 Å². The molecule has 1 aromatic heterocycles. The first-order chi connectivity index (χ1) is 14.0. The van der Waals surface area contributed by atoms with Crippen LogP contribution in [0.1, 0.15) is 18.0 Å². The Morgan fingerprint density at radius 2 is 2.17 bits per heavy atom. The molecule has 0 bridgehead atoms. The van der Waals surface area contributed by atoms with Crippen LogP contribution in [-0.2, 0) is 0 Å². The zero-order valence-electron chi connectivity index (χ0n) is 16.1. The van der Waals surface area contributed by atoms with Crippen molar-refractivity contribution in [3.05, 3.63) is 53.1 Å². The summed E-state index contributed by atoms with van der Waals surface area (Å²) in [6, 6.07) is 7.37. The van der Waals surface area contributed by atoms with Crippen LogP contribution in [0.15, 0.2) is 36.5 Å². The van der Waals surface area contributed by atoms with E-state index in [1.54, 1.807) is 24.3 Å². The van der Waals surface area contributed by atoms with E-state index in [1.807, 2.05) is 4.90 Å². The number of methoxy groups -OCH3 is 1. The summed E-state index contributed by atoms with van der Waals surface area (Å²) in [6.45, 7) is 1.65. The summed E-state index contributed by atoms with van der Waals surface area (Å²) in [5.74, 6) is -0.512. The van der Waals surface area contributed by atoms with E-state index >= 15 is 0 Å². The number of β-amino-alcohol motifs (C(OH)–C–C–N with tert-alkyl or cyclic N) is 1. The molecular weight excluding hydrogens is 399 g/mol. The Bertz CT molecular complexity index is 837. The maximum atomic E-state index is 14.7. The number of pyridine rings is 1. The summed E-state index contributed by atoms with van der Waals surface area (Å²) in [5, 5.41) is 15.5. The number of rotatable bonds is 6. The van der Waals surface area contributed by atoms with Gasteiger partial charge >= 0.3 is 6.03 Å². The zero-order valence-corrected chi connectivity index (χ0v) is 16.8. The van der Waals surface area contributed by atoms with Gasteiger partial charge < -0.3 is 25.4 Å². The Balaban J connectivity index is 1.75. The monoisotopic (exact) mass is 422 g/mol. The van der Waals surface area contributed by atoms with Crippen LogP contribution in [0.4, 0.5) is 14.9 Å². The number of urea groups is 1. The average Bonchev–Trinajstić information content (AvgIpc) is 2.71. The van der Waals surface area contributed by atoms with Crippen molar-refractivity contribution in [1.29, 1.82) is 0 Å². The molecule has 1 fully saturated rings. The summed E-state index contributed by atoms with van der Waals surface area (Å²) in [6.07, 6.45) is 2.07. The van der Waals surface area contributed by atoms with E-state index < -0.39 is 5.82 Å². The van der Waals surface area contributed by atoms with Crippen LogP contribution < -0.4 is 15.4 Å². The highest BCUT2D eigenvalue weighted by Gasteiger charge is 2.34. The predicted molar refractivity (Wildman–Crippen MR) is 109 cm³/mol. The molecule has 2 aromatic rings. The molecule has 9 heteroatoms. The molecule has 2 atom stereocenters. The molecule has 1 aliphatic heterocycles. The molecule has 1 saturated heterocycles. The quantitative estimate of drug-likeness (QED) is 0.666. The van der Waals surface area contributed by atoms with Crippen molar-refractivity contribution in [1.82, 2.24) is 15.2 Å². The first-order valence-electron chi connectivity index (χ1n) is 9.36. The number of nitrogens with one attached hydrogen (secondary N) is 2. The molecule has 7 nitrogen and oxygen atoms in total. The Morgan fingerprint density at radius 1 is 1.41 bits per heavy atom. The smallest absolute Gasteiger partial charge is 0.319 e. The van der Waals surface area contributed by atoms with Crippen molar-refractivity contribution in [2.24, 2.45) is 0 Å². The number of ether oxygens (including phenoxy) is 1. The lowest BCUT2D eigenvalue weighted by molar-refractivity contribution is 0.140. The van der Waals surface area contributed by atoms with E-state index in [1.165, 1.54) is 19.4 Å². The highest BCUT2D eigenvalue weighted by molar-refractivity contribution is 6.30. The van der Waals surface area contributed by atoms with Gasteiger partial charge in [0, 0.05) is 48.4 Å². The number of aromatic nitrogens is 1. The average molecular weight is 423 g/mol. The molecule has 2 amide bonds. The first-order valence-corrected chi connectivity index (χ1v) is 9.73. The molecule has 3 rings (SSSR count). The zero-order chi connectivity index (χ0) is 20.8. The van der Waals surface area contributed by atoms with Crippen molar-refractivity contribution in [2.45, 2.75) is 18.4 Å². The molecule has 156 valence electrons. The lowest BCUT2D eigenvalue weighted by Gasteiger charge is -2.38. The number of likely N-dealkylation sites (tertiary alicyclic amines) is 1. The molecule has 0 spiro atoms. The summed E-state index contributed by atoms with van der Waals surface area (Å²) in [7, 11) is 1.45. The van der Waals surface area contributed by atoms with Crippen molar-refractivity contribution in [3.8, 4) is 5.75 Å². The van der Waals surface area contributed by atoms with E-state index in [0.29, 0.717) is 42.5 Å². The fourth-order valence-corrected chi connectivity index (χ4v) is 3.62. The molecule has 2 unspecified atom stereocenters. The number of carbonyl (C=O) groups is 1. The standard InChI is InChI=1S/C20H24ClFN4O3/c1-29-15-10-17(22)19(23-11-15)16-12-26(8-9-27)7-6-18(16)25-20(28)24-14-4-2-13(21)3-5-14/h2-5,10-11,16,18,27H,6-9,12H2,1H3,(H2,24,25,28). The van der Waals surface area contributed by atoms with Gasteiger partial charge in [-0.1, -0.05) is 11.6 Å². The lowest BCUT2D eigenvalue weighted by Crippen LogP contribution is -2.51. The molecule has 0 saturated carbocycles. The number of aliphatic hydroxyl groups excluding tert-OH is 1. The Kier molecular flexibility index (Phi) is 7.24. The molecule has 2 heterocycles. The van der Waals surface area contributed by atoms with Gasteiger partial charge in [0.25, 0.3) is 0 Å². The highest BCUT2D eigenvalue weighted by atomic mass is 35.5. The van der Waals surface area contributed by atoms with E-state index in [2.05, 4.69) is 15.6 Å². The second-order valence-electron chi connectivity index (χ2n) is 6.87. The van der Waals surface area contributed by atoms with Crippen LogP contribution in [0.25, 0.3) is 0 Å². The Morgan fingerprint density at radius 3 is 2.83 bits per heavy atom. The van der Waals surface area contributed by atoms with Gasteiger partial charge in [0.1, 0.15) is 11.6 Å². The topological polar surface area (TPSA) is 86.7 Å². The van der Waals surface area contributed by atoms with Crippen LogP contribution in [0, 0.1) is 5.82 Å². The normalized spacial score (nSPS) is 19.6. The molecule has 29 heavy (non-hydrogen) atoms. The molecule has 3 N–H and O–H groups in total. The van der Waals surface area contributed by atoms with Crippen LogP contribution in [0.2, 0.25) is 5.02 Å². The summed E-state index contributed by atoms with van der Waals surface area (Å²) >= 11 is 5.86. The summed E-state index contributed by atoms with van der Waals surface area (Å²) in [5.41, 5.74) is 0.875. The maximum Gasteiger partial charge on any atom is 0.319 e. The number of nitrogens with zero attached hydrogens (tertiary/aromatic N) is 2.